The first-order valence-corrected chi connectivity index (χ1v) is 16.9. The SMILES string of the molecule is Cc1cn([C@@H]2CC[C@H](COC(=O)CCCCCCCCCCC(=O)OC[C@H]3O[C@@H](n4cc(C)c(=O)[nH]c4=O)C[C@@H]3N=[N+]=[N-])O2)c(=O)[nH]c1=O. The molecule has 2 saturated heterocycles. The molecule has 268 valence electrons. The van der Waals surface area contributed by atoms with Crippen molar-refractivity contribution in [3.8, 4) is 0 Å². The van der Waals surface area contributed by atoms with Gasteiger partial charge in [0.05, 0.1) is 12.1 Å². The van der Waals surface area contributed by atoms with Gasteiger partial charge in [0.1, 0.15) is 31.8 Å². The van der Waals surface area contributed by atoms with Crippen LogP contribution in [0.25, 0.3) is 10.4 Å². The Labute approximate surface area is 281 Å². The first-order chi connectivity index (χ1) is 23.5. The number of aromatic nitrogens is 4. The van der Waals surface area contributed by atoms with E-state index in [-0.39, 0.29) is 44.1 Å². The third-order valence-corrected chi connectivity index (χ3v) is 8.75. The van der Waals surface area contributed by atoms with Crippen LogP contribution in [0.5, 0.6) is 0 Å². The zero-order valence-electron chi connectivity index (χ0n) is 28.0. The number of ether oxygens (including phenoxy) is 4. The van der Waals surface area contributed by atoms with E-state index in [2.05, 4.69) is 20.0 Å². The van der Waals surface area contributed by atoms with Crippen LogP contribution in [0, 0.1) is 13.8 Å². The van der Waals surface area contributed by atoms with E-state index in [4.69, 9.17) is 24.5 Å². The molecule has 0 aromatic carbocycles. The van der Waals surface area contributed by atoms with Crippen LogP contribution in [-0.2, 0) is 28.5 Å². The van der Waals surface area contributed by atoms with Crippen LogP contribution >= 0.6 is 0 Å². The molecular formula is C32H45N7O10. The molecule has 0 amide bonds. The van der Waals surface area contributed by atoms with Crippen molar-refractivity contribution in [3.63, 3.8) is 0 Å². The van der Waals surface area contributed by atoms with Crippen molar-refractivity contribution < 1.29 is 28.5 Å². The quantitative estimate of drug-likeness (QED) is 0.0763. The molecule has 2 fully saturated rings. The van der Waals surface area contributed by atoms with Gasteiger partial charge in [-0.1, -0.05) is 43.6 Å². The summed E-state index contributed by atoms with van der Waals surface area (Å²) in [5.74, 6) is -0.655. The molecule has 49 heavy (non-hydrogen) atoms. The lowest BCUT2D eigenvalue weighted by Crippen LogP contribution is -2.33. The second-order valence-electron chi connectivity index (χ2n) is 12.6. The Kier molecular flexibility index (Phi) is 14.0. The number of nitrogens with one attached hydrogen (secondary N) is 2. The first-order valence-electron chi connectivity index (χ1n) is 16.9. The molecular weight excluding hydrogens is 642 g/mol. The summed E-state index contributed by atoms with van der Waals surface area (Å²) in [7, 11) is 0. The maximum Gasteiger partial charge on any atom is 0.330 e. The second kappa shape index (κ2) is 18.3. The smallest absolute Gasteiger partial charge is 0.330 e. The molecule has 0 saturated carbocycles. The highest BCUT2D eigenvalue weighted by Gasteiger charge is 2.37. The summed E-state index contributed by atoms with van der Waals surface area (Å²) in [6, 6.07) is -0.637. The zero-order valence-corrected chi connectivity index (χ0v) is 28.0. The molecule has 2 aromatic rings. The molecule has 2 aliphatic rings. The van der Waals surface area contributed by atoms with Crippen molar-refractivity contribution in [2.75, 3.05) is 13.2 Å². The van der Waals surface area contributed by atoms with E-state index in [9.17, 15) is 28.8 Å². The van der Waals surface area contributed by atoms with Crippen molar-refractivity contribution in [2.45, 2.75) is 128 Å². The number of H-pyrrole nitrogens is 2. The van der Waals surface area contributed by atoms with Crippen LogP contribution in [0.4, 0.5) is 0 Å². The number of azide groups is 1. The average molecular weight is 688 g/mol. The molecule has 4 heterocycles. The van der Waals surface area contributed by atoms with Crippen molar-refractivity contribution in [1.29, 1.82) is 0 Å². The van der Waals surface area contributed by atoms with Gasteiger partial charge in [0, 0.05) is 47.7 Å². The molecule has 2 N–H and O–H groups in total. The Morgan fingerprint density at radius 3 is 1.86 bits per heavy atom. The highest BCUT2D eigenvalue weighted by molar-refractivity contribution is 5.69. The number of esters is 2. The number of hydrogen-bond acceptors (Lipinski definition) is 11. The summed E-state index contributed by atoms with van der Waals surface area (Å²) in [5, 5.41) is 3.73. The van der Waals surface area contributed by atoms with Gasteiger partial charge in [0.2, 0.25) is 0 Å². The second-order valence-corrected chi connectivity index (χ2v) is 12.6. The van der Waals surface area contributed by atoms with Crippen LogP contribution < -0.4 is 22.5 Å². The summed E-state index contributed by atoms with van der Waals surface area (Å²) in [6.45, 7) is 3.20. The number of rotatable bonds is 18. The topological polar surface area (TPSA) is 230 Å². The minimum absolute atomic E-state index is 0.112. The lowest BCUT2D eigenvalue weighted by Gasteiger charge is -2.17. The van der Waals surface area contributed by atoms with Crippen LogP contribution in [0.1, 0.15) is 107 Å². The minimum atomic E-state index is -0.766. The Morgan fingerprint density at radius 1 is 0.796 bits per heavy atom. The number of carbonyl (C=O) groups excluding carboxylic acids is 2. The Bertz CT molecular complexity index is 1720. The highest BCUT2D eigenvalue weighted by Crippen LogP contribution is 2.30. The third kappa shape index (κ3) is 11.0. The van der Waals surface area contributed by atoms with Gasteiger partial charge in [-0.15, -0.1) is 0 Å². The van der Waals surface area contributed by atoms with Crippen molar-refractivity contribution >= 4 is 11.9 Å². The molecule has 0 aliphatic carbocycles. The zero-order chi connectivity index (χ0) is 35.3. The van der Waals surface area contributed by atoms with E-state index in [1.807, 2.05) is 0 Å². The number of aromatic amines is 2. The Hall–Kier alpha value is -4.47. The van der Waals surface area contributed by atoms with Crippen molar-refractivity contribution in [2.24, 2.45) is 5.11 Å². The third-order valence-electron chi connectivity index (χ3n) is 8.75. The maximum absolute atomic E-state index is 12.3. The summed E-state index contributed by atoms with van der Waals surface area (Å²) < 4.78 is 25.1. The van der Waals surface area contributed by atoms with Gasteiger partial charge in [-0.25, -0.2) is 9.59 Å². The molecule has 4 rings (SSSR count). The van der Waals surface area contributed by atoms with E-state index in [1.54, 1.807) is 13.8 Å². The van der Waals surface area contributed by atoms with Crippen molar-refractivity contribution in [3.05, 3.63) is 75.6 Å². The predicted octanol–water partition coefficient (Wildman–Crippen LogP) is 3.34. The van der Waals surface area contributed by atoms with Crippen LogP contribution in [0.3, 0.4) is 0 Å². The largest absolute Gasteiger partial charge is 0.463 e. The van der Waals surface area contributed by atoms with Crippen molar-refractivity contribution in [1.82, 2.24) is 19.1 Å². The van der Waals surface area contributed by atoms with E-state index < -0.39 is 47.1 Å². The number of carbonyl (C=O) groups is 2. The number of hydrogen-bond donors (Lipinski definition) is 2. The minimum Gasteiger partial charge on any atom is -0.463 e. The lowest BCUT2D eigenvalue weighted by molar-refractivity contribution is -0.149. The molecule has 17 nitrogen and oxygen atoms in total. The maximum atomic E-state index is 12.3. The predicted molar refractivity (Wildman–Crippen MR) is 175 cm³/mol. The monoisotopic (exact) mass is 687 g/mol. The molecule has 17 heteroatoms. The molecule has 2 aromatic heterocycles. The fourth-order valence-corrected chi connectivity index (χ4v) is 5.94. The summed E-state index contributed by atoms with van der Waals surface area (Å²) in [4.78, 5) is 79.4. The first kappa shape index (κ1) is 37.4. The number of nitrogens with zero attached hydrogens (tertiary/aromatic N) is 5. The number of aryl methyl sites for hydroxylation is 2. The van der Waals surface area contributed by atoms with E-state index in [0.717, 1.165) is 44.9 Å². The number of unbranched alkanes of at least 4 members (excludes halogenated alkanes) is 7. The van der Waals surface area contributed by atoms with Gasteiger partial charge in [-0.05, 0) is 45.1 Å². The van der Waals surface area contributed by atoms with Crippen LogP contribution in [0.15, 0.2) is 36.7 Å². The van der Waals surface area contributed by atoms with Gasteiger partial charge in [0.15, 0.2) is 0 Å². The molecule has 0 spiro atoms. The molecule has 0 unspecified atom stereocenters. The summed E-state index contributed by atoms with van der Waals surface area (Å²) in [6.07, 6.45) is 9.82. The van der Waals surface area contributed by atoms with Gasteiger partial charge < -0.3 is 18.9 Å². The van der Waals surface area contributed by atoms with Gasteiger partial charge in [-0.2, -0.15) is 0 Å². The standard InChI is InChI=1S/C32H45N7O10/c1-20-16-38(31(44)34-29(20)42)25-14-13-22(48-25)18-46-27(40)11-9-7-5-3-4-6-8-10-12-28(41)47-19-24-23(36-37-33)15-26(49-24)39-17-21(2)30(43)35-32(39)45/h16-17,22-26H,3-15,18-19H2,1-2H3,(H,34,42,44)(H,35,43,45)/t22-,23+,24-,25+,26-/m1/s1. The van der Waals surface area contributed by atoms with Crippen LogP contribution in [-0.4, -0.2) is 62.5 Å². The normalized spacial score (nSPS) is 21.7. The van der Waals surface area contributed by atoms with E-state index in [1.165, 1.54) is 21.5 Å². The Balaban J connectivity index is 1.000. The van der Waals surface area contributed by atoms with E-state index >= 15 is 0 Å². The van der Waals surface area contributed by atoms with Crippen LogP contribution in [0.2, 0.25) is 0 Å². The molecule has 5 atom stereocenters. The van der Waals surface area contributed by atoms with E-state index in [0.29, 0.717) is 36.8 Å². The summed E-state index contributed by atoms with van der Waals surface area (Å²) in [5.41, 5.74) is 7.61. The fourth-order valence-electron chi connectivity index (χ4n) is 5.94. The van der Waals surface area contributed by atoms with Gasteiger partial charge >= 0.3 is 23.3 Å². The van der Waals surface area contributed by atoms with Gasteiger partial charge in [-0.3, -0.25) is 38.3 Å². The molecule has 0 bridgehead atoms. The lowest BCUT2D eigenvalue weighted by atomic mass is 10.1. The Morgan fingerprint density at radius 2 is 1.31 bits per heavy atom. The molecule has 2 aliphatic heterocycles. The van der Waals surface area contributed by atoms with Gasteiger partial charge in [0.25, 0.3) is 11.1 Å². The highest BCUT2D eigenvalue weighted by atomic mass is 16.6. The molecule has 0 radical (unpaired) electrons. The average Bonchev–Trinajstić information content (AvgIpc) is 3.70. The summed E-state index contributed by atoms with van der Waals surface area (Å²) >= 11 is 0. The fraction of sp³-hybridized carbons (Fsp3) is 0.688.